The van der Waals surface area contributed by atoms with Crippen molar-refractivity contribution in [3.05, 3.63) is 35.9 Å². The van der Waals surface area contributed by atoms with E-state index in [1.54, 1.807) is 23.9 Å². The number of amides is 2. The van der Waals surface area contributed by atoms with Gasteiger partial charge in [0.05, 0.1) is 0 Å². The topological polar surface area (TPSA) is 55.9 Å². The molecule has 0 aromatic heterocycles. The summed E-state index contributed by atoms with van der Waals surface area (Å²) in [6.45, 7) is 5.65. The SMILES string of the molecule is CSCCC(NC(=O)c1ccccc1)C(=O)N1CCN(C2CCCN(C)C2)CC1. The molecule has 2 heterocycles. The van der Waals surface area contributed by atoms with Gasteiger partial charge in [0.2, 0.25) is 5.91 Å². The van der Waals surface area contributed by atoms with E-state index >= 15 is 0 Å². The Balaban J connectivity index is 1.56. The van der Waals surface area contributed by atoms with E-state index in [4.69, 9.17) is 0 Å². The minimum Gasteiger partial charge on any atom is -0.340 e. The highest BCUT2D eigenvalue weighted by atomic mass is 32.2. The van der Waals surface area contributed by atoms with Gasteiger partial charge in [0.1, 0.15) is 6.04 Å². The molecule has 29 heavy (non-hydrogen) atoms. The van der Waals surface area contributed by atoms with E-state index in [0.717, 1.165) is 38.5 Å². The van der Waals surface area contributed by atoms with Gasteiger partial charge in [-0.1, -0.05) is 18.2 Å². The Labute approximate surface area is 179 Å². The van der Waals surface area contributed by atoms with Crippen LogP contribution in [0.15, 0.2) is 30.3 Å². The predicted octanol–water partition coefficient (Wildman–Crippen LogP) is 1.78. The van der Waals surface area contributed by atoms with Crippen LogP contribution in [0.3, 0.4) is 0 Å². The summed E-state index contributed by atoms with van der Waals surface area (Å²) in [5, 5.41) is 2.98. The average Bonchev–Trinajstić information content (AvgIpc) is 2.76. The molecule has 2 fully saturated rings. The van der Waals surface area contributed by atoms with E-state index in [0.29, 0.717) is 18.0 Å². The molecule has 7 heteroatoms. The third kappa shape index (κ3) is 6.20. The molecule has 2 atom stereocenters. The van der Waals surface area contributed by atoms with Crippen LogP contribution in [0.2, 0.25) is 0 Å². The number of thioether (sulfide) groups is 1. The van der Waals surface area contributed by atoms with Gasteiger partial charge in [-0.25, -0.2) is 0 Å². The summed E-state index contributed by atoms with van der Waals surface area (Å²) < 4.78 is 0. The summed E-state index contributed by atoms with van der Waals surface area (Å²) in [4.78, 5) is 32.7. The molecule has 2 unspecified atom stereocenters. The van der Waals surface area contributed by atoms with Crippen molar-refractivity contribution < 1.29 is 9.59 Å². The van der Waals surface area contributed by atoms with Gasteiger partial charge in [-0.3, -0.25) is 14.5 Å². The second kappa shape index (κ2) is 11.0. The zero-order chi connectivity index (χ0) is 20.6. The van der Waals surface area contributed by atoms with Crippen LogP contribution in [-0.4, -0.2) is 96.9 Å². The summed E-state index contributed by atoms with van der Waals surface area (Å²) in [6.07, 6.45) is 5.19. The van der Waals surface area contributed by atoms with Crippen molar-refractivity contribution in [1.29, 1.82) is 0 Å². The summed E-state index contributed by atoms with van der Waals surface area (Å²) >= 11 is 1.70. The molecule has 1 aromatic carbocycles. The number of carbonyl (C=O) groups excluding carboxylic acids is 2. The van der Waals surface area contributed by atoms with Crippen molar-refractivity contribution in [1.82, 2.24) is 20.0 Å². The lowest BCUT2D eigenvalue weighted by Crippen LogP contribution is -2.58. The van der Waals surface area contributed by atoms with Gasteiger partial charge in [0.15, 0.2) is 0 Å². The predicted molar refractivity (Wildman–Crippen MR) is 119 cm³/mol. The van der Waals surface area contributed by atoms with Gasteiger partial charge in [-0.15, -0.1) is 0 Å². The van der Waals surface area contributed by atoms with Gasteiger partial charge in [-0.05, 0) is 57.0 Å². The number of rotatable bonds is 7. The lowest BCUT2D eigenvalue weighted by Gasteiger charge is -2.43. The number of piperazine rings is 1. The Bertz CT molecular complexity index is 664. The van der Waals surface area contributed by atoms with Crippen molar-refractivity contribution in [2.75, 3.05) is 58.3 Å². The lowest BCUT2D eigenvalue weighted by atomic mass is 10.0. The van der Waals surface area contributed by atoms with Gasteiger partial charge in [0, 0.05) is 44.3 Å². The van der Waals surface area contributed by atoms with Crippen LogP contribution in [-0.2, 0) is 4.79 Å². The number of benzene rings is 1. The third-order valence-corrected chi connectivity index (χ3v) is 6.64. The highest BCUT2D eigenvalue weighted by Crippen LogP contribution is 2.17. The molecule has 3 rings (SSSR count). The first-order valence-electron chi connectivity index (χ1n) is 10.6. The molecule has 2 aliphatic rings. The molecule has 0 radical (unpaired) electrons. The minimum absolute atomic E-state index is 0.0590. The Morgan fingerprint density at radius 3 is 2.52 bits per heavy atom. The average molecular weight is 419 g/mol. The van der Waals surface area contributed by atoms with Crippen molar-refractivity contribution in [2.24, 2.45) is 0 Å². The Hall–Kier alpha value is -1.57. The van der Waals surface area contributed by atoms with E-state index in [2.05, 4.69) is 22.2 Å². The van der Waals surface area contributed by atoms with Crippen molar-refractivity contribution in [3.63, 3.8) is 0 Å². The molecule has 2 aliphatic heterocycles. The van der Waals surface area contributed by atoms with Gasteiger partial charge < -0.3 is 15.1 Å². The molecule has 0 saturated carbocycles. The fraction of sp³-hybridized carbons (Fsp3) is 0.636. The number of likely N-dealkylation sites (tertiary alicyclic amines) is 1. The molecule has 2 amide bonds. The molecule has 6 nitrogen and oxygen atoms in total. The maximum Gasteiger partial charge on any atom is 0.251 e. The first-order chi connectivity index (χ1) is 14.1. The van der Waals surface area contributed by atoms with E-state index in [1.807, 2.05) is 29.4 Å². The Morgan fingerprint density at radius 2 is 1.86 bits per heavy atom. The van der Waals surface area contributed by atoms with E-state index in [-0.39, 0.29) is 11.8 Å². The second-order valence-electron chi connectivity index (χ2n) is 8.09. The van der Waals surface area contributed by atoms with E-state index < -0.39 is 6.04 Å². The number of nitrogens with zero attached hydrogens (tertiary/aromatic N) is 3. The fourth-order valence-corrected chi connectivity index (χ4v) is 4.76. The highest BCUT2D eigenvalue weighted by molar-refractivity contribution is 7.98. The molecule has 1 N–H and O–H groups in total. The molecular weight excluding hydrogens is 384 g/mol. The smallest absolute Gasteiger partial charge is 0.251 e. The van der Waals surface area contributed by atoms with Gasteiger partial charge in [0.25, 0.3) is 5.91 Å². The van der Waals surface area contributed by atoms with Crippen molar-refractivity contribution >= 4 is 23.6 Å². The van der Waals surface area contributed by atoms with Crippen LogP contribution in [0.4, 0.5) is 0 Å². The Kier molecular flexibility index (Phi) is 8.39. The standard InChI is InChI=1S/C22H34N4O2S/c1-24-11-6-9-19(17-24)25-12-14-26(15-13-25)22(28)20(10-16-29-2)23-21(27)18-7-4-3-5-8-18/h3-5,7-8,19-20H,6,9-17H2,1-2H3,(H,23,27). The van der Waals surface area contributed by atoms with Crippen LogP contribution >= 0.6 is 11.8 Å². The molecule has 0 bridgehead atoms. The number of likely N-dealkylation sites (N-methyl/N-ethyl adjacent to an activating group) is 1. The quantitative estimate of drug-likeness (QED) is 0.732. The van der Waals surface area contributed by atoms with Crippen LogP contribution in [0.25, 0.3) is 0 Å². The van der Waals surface area contributed by atoms with Crippen LogP contribution < -0.4 is 5.32 Å². The highest BCUT2D eigenvalue weighted by Gasteiger charge is 2.31. The zero-order valence-electron chi connectivity index (χ0n) is 17.7. The van der Waals surface area contributed by atoms with E-state index in [1.165, 1.54) is 19.4 Å². The monoisotopic (exact) mass is 418 g/mol. The number of hydrogen-bond acceptors (Lipinski definition) is 5. The first-order valence-corrected chi connectivity index (χ1v) is 12.0. The zero-order valence-corrected chi connectivity index (χ0v) is 18.5. The molecule has 2 saturated heterocycles. The summed E-state index contributed by atoms with van der Waals surface area (Å²) in [6, 6.07) is 9.29. The van der Waals surface area contributed by atoms with Crippen molar-refractivity contribution in [2.45, 2.75) is 31.3 Å². The summed E-state index contributed by atoms with van der Waals surface area (Å²) in [5.41, 5.74) is 0.598. The lowest BCUT2D eigenvalue weighted by molar-refractivity contribution is -0.135. The molecule has 0 spiro atoms. The second-order valence-corrected chi connectivity index (χ2v) is 9.08. The number of nitrogens with one attached hydrogen (secondary N) is 1. The van der Waals surface area contributed by atoms with Gasteiger partial charge >= 0.3 is 0 Å². The van der Waals surface area contributed by atoms with Crippen LogP contribution in [0, 0.1) is 0 Å². The minimum atomic E-state index is -0.456. The number of carbonyl (C=O) groups is 2. The molecule has 0 aliphatic carbocycles. The fourth-order valence-electron chi connectivity index (χ4n) is 4.29. The maximum atomic E-state index is 13.2. The van der Waals surface area contributed by atoms with Gasteiger partial charge in [-0.2, -0.15) is 11.8 Å². The number of hydrogen-bond donors (Lipinski definition) is 1. The molecule has 160 valence electrons. The van der Waals surface area contributed by atoms with E-state index in [9.17, 15) is 9.59 Å². The molecular formula is C22H34N4O2S. The summed E-state index contributed by atoms with van der Waals surface area (Å²) in [5.74, 6) is 0.734. The van der Waals surface area contributed by atoms with Crippen LogP contribution in [0.5, 0.6) is 0 Å². The summed E-state index contributed by atoms with van der Waals surface area (Å²) in [7, 11) is 2.19. The number of piperidine rings is 1. The largest absolute Gasteiger partial charge is 0.340 e. The van der Waals surface area contributed by atoms with Crippen LogP contribution in [0.1, 0.15) is 29.6 Å². The maximum absolute atomic E-state index is 13.2. The Morgan fingerprint density at radius 1 is 1.14 bits per heavy atom. The third-order valence-electron chi connectivity index (χ3n) is 5.99. The first kappa shape index (κ1) is 22.1. The normalized spacial score (nSPS) is 22.3. The van der Waals surface area contributed by atoms with Crippen molar-refractivity contribution in [3.8, 4) is 0 Å². The molecule has 1 aromatic rings.